The van der Waals surface area contributed by atoms with Crippen molar-refractivity contribution in [2.75, 3.05) is 26.8 Å². The molecular weight excluding hydrogens is 240 g/mol. The molecule has 0 aliphatic rings. The first-order valence-corrected chi connectivity index (χ1v) is 5.88. The third-order valence-electron chi connectivity index (χ3n) is 2.65. The Balaban J connectivity index is 4.32. The SMILES string of the molecule is CCC(C)N(CCOC)C(=O)NC[C@H](O)C(=O)O. The number of amides is 2. The van der Waals surface area contributed by atoms with E-state index in [0.717, 1.165) is 6.42 Å². The van der Waals surface area contributed by atoms with Crippen molar-refractivity contribution in [3.8, 4) is 0 Å². The number of carbonyl (C=O) groups excluding carboxylic acids is 1. The molecule has 0 radical (unpaired) electrons. The average Bonchev–Trinajstić information content (AvgIpc) is 2.35. The minimum absolute atomic E-state index is 0.0159. The molecule has 2 amide bonds. The standard InChI is InChI=1S/C11H22N2O5/c1-4-8(2)13(5-6-18-3)11(17)12-7-9(14)10(15)16/h8-9,14H,4-7H2,1-3H3,(H,12,17)(H,15,16)/t8?,9-/m0/s1. The summed E-state index contributed by atoms with van der Waals surface area (Å²) in [6.07, 6.45) is -0.811. The normalized spacial score (nSPS) is 13.8. The van der Waals surface area contributed by atoms with Crippen molar-refractivity contribution in [2.45, 2.75) is 32.4 Å². The first-order chi connectivity index (χ1) is 8.43. The molecule has 0 saturated heterocycles. The van der Waals surface area contributed by atoms with E-state index in [1.165, 1.54) is 0 Å². The quantitative estimate of drug-likeness (QED) is 0.567. The molecule has 0 fully saturated rings. The van der Waals surface area contributed by atoms with E-state index < -0.39 is 18.1 Å². The summed E-state index contributed by atoms with van der Waals surface area (Å²) >= 11 is 0. The number of nitrogens with zero attached hydrogens (tertiary/aromatic N) is 1. The smallest absolute Gasteiger partial charge is 0.334 e. The number of ether oxygens (including phenoxy) is 1. The molecule has 1 unspecified atom stereocenters. The zero-order valence-corrected chi connectivity index (χ0v) is 11.0. The van der Waals surface area contributed by atoms with Crippen LogP contribution in [-0.4, -0.2) is 66.1 Å². The van der Waals surface area contributed by atoms with Gasteiger partial charge in [-0.15, -0.1) is 0 Å². The van der Waals surface area contributed by atoms with Gasteiger partial charge >= 0.3 is 12.0 Å². The van der Waals surface area contributed by atoms with Gasteiger partial charge in [0.15, 0.2) is 6.10 Å². The Labute approximate surface area is 107 Å². The maximum atomic E-state index is 11.8. The van der Waals surface area contributed by atoms with Gasteiger partial charge in [0.05, 0.1) is 13.2 Å². The van der Waals surface area contributed by atoms with Gasteiger partial charge in [0.1, 0.15) is 0 Å². The fourth-order valence-corrected chi connectivity index (χ4v) is 1.30. The van der Waals surface area contributed by atoms with Gasteiger partial charge < -0.3 is 25.2 Å². The first-order valence-electron chi connectivity index (χ1n) is 5.88. The highest BCUT2D eigenvalue weighted by molar-refractivity contribution is 5.77. The Morgan fingerprint density at radius 3 is 2.50 bits per heavy atom. The van der Waals surface area contributed by atoms with Crippen LogP contribution in [0.3, 0.4) is 0 Å². The predicted molar refractivity (Wildman–Crippen MR) is 65.4 cm³/mol. The van der Waals surface area contributed by atoms with Crippen LogP contribution >= 0.6 is 0 Å². The molecule has 106 valence electrons. The third kappa shape index (κ3) is 5.83. The summed E-state index contributed by atoms with van der Waals surface area (Å²) in [6.45, 7) is 4.35. The van der Waals surface area contributed by atoms with Crippen LogP contribution in [0.4, 0.5) is 4.79 Å². The summed E-state index contributed by atoms with van der Waals surface area (Å²) < 4.78 is 4.92. The molecule has 18 heavy (non-hydrogen) atoms. The number of methoxy groups -OCH3 is 1. The Hall–Kier alpha value is -1.34. The molecule has 0 aliphatic carbocycles. The number of carbonyl (C=O) groups is 2. The number of hydrogen-bond acceptors (Lipinski definition) is 4. The molecule has 0 saturated carbocycles. The number of urea groups is 1. The number of rotatable bonds is 8. The molecule has 0 aromatic carbocycles. The number of carboxylic acids is 1. The lowest BCUT2D eigenvalue weighted by Crippen LogP contribution is -2.48. The maximum absolute atomic E-state index is 11.8. The Bertz CT molecular complexity index is 272. The molecular formula is C11H22N2O5. The van der Waals surface area contributed by atoms with E-state index in [1.807, 2.05) is 13.8 Å². The fourth-order valence-electron chi connectivity index (χ4n) is 1.30. The Morgan fingerprint density at radius 1 is 1.44 bits per heavy atom. The zero-order valence-electron chi connectivity index (χ0n) is 11.0. The molecule has 0 bridgehead atoms. The Kier molecular flexibility index (Phi) is 8.06. The van der Waals surface area contributed by atoms with Gasteiger partial charge in [-0.1, -0.05) is 6.92 Å². The molecule has 0 rings (SSSR count). The molecule has 0 aromatic rings. The van der Waals surface area contributed by atoms with Crippen LogP contribution in [-0.2, 0) is 9.53 Å². The first kappa shape index (κ1) is 16.7. The van der Waals surface area contributed by atoms with Crippen LogP contribution in [0.1, 0.15) is 20.3 Å². The van der Waals surface area contributed by atoms with Crippen LogP contribution < -0.4 is 5.32 Å². The van der Waals surface area contributed by atoms with Gasteiger partial charge in [-0.2, -0.15) is 0 Å². The van der Waals surface area contributed by atoms with Crippen LogP contribution in [0.15, 0.2) is 0 Å². The van der Waals surface area contributed by atoms with Gasteiger partial charge in [-0.25, -0.2) is 9.59 Å². The summed E-state index contributed by atoms with van der Waals surface area (Å²) in [5, 5.41) is 20.0. The van der Waals surface area contributed by atoms with E-state index in [4.69, 9.17) is 14.9 Å². The molecule has 2 atom stereocenters. The second-order valence-electron chi connectivity index (χ2n) is 3.98. The molecule has 3 N–H and O–H groups in total. The third-order valence-corrected chi connectivity index (χ3v) is 2.65. The van der Waals surface area contributed by atoms with E-state index >= 15 is 0 Å². The summed E-state index contributed by atoms with van der Waals surface area (Å²) in [4.78, 5) is 23.8. The lowest BCUT2D eigenvalue weighted by molar-refractivity contribution is -0.146. The van der Waals surface area contributed by atoms with Gasteiger partial charge in [0, 0.05) is 19.7 Å². The molecule has 7 heteroatoms. The maximum Gasteiger partial charge on any atom is 0.334 e. The lowest BCUT2D eigenvalue weighted by atomic mass is 10.2. The second-order valence-corrected chi connectivity index (χ2v) is 3.98. The van der Waals surface area contributed by atoms with Gasteiger partial charge in [-0.05, 0) is 13.3 Å². The number of nitrogens with one attached hydrogen (secondary N) is 1. The van der Waals surface area contributed by atoms with Gasteiger partial charge in [0.25, 0.3) is 0 Å². The topological polar surface area (TPSA) is 99.1 Å². The van der Waals surface area contributed by atoms with Crippen molar-refractivity contribution in [1.82, 2.24) is 10.2 Å². The minimum atomic E-state index is -1.59. The average molecular weight is 262 g/mol. The van der Waals surface area contributed by atoms with Crippen molar-refractivity contribution < 1.29 is 24.5 Å². The van der Waals surface area contributed by atoms with E-state index in [0.29, 0.717) is 13.2 Å². The zero-order chi connectivity index (χ0) is 14.1. The molecule has 0 aromatic heterocycles. The van der Waals surface area contributed by atoms with E-state index in [9.17, 15) is 9.59 Å². The van der Waals surface area contributed by atoms with E-state index in [2.05, 4.69) is 5.32 Å². The minimum Gasteiger partial charge on any atom is -0.479 e. The molecule has 0 aliphatic heterocycles. The van der Waals surface area contributed by atoms with Crippen molar-refractivity contribution in [1.29, 1.82) is 0 Å². The molecule has 0 spiro atoms. The van der Waals surface area contributed by atoms with Crippen LogP contribution in [0, 0.1) is 0 Å². The summed E-state index contributed by atoms with van der Waals surface area (Å²) in [5.74, 6) is -1.36. The highest BCUT2D eigenvalue weighted by Crippen LogP contribution is 2.03. The summed E-state index contributed by atoms with van der Waals surface area (Å²) in [5.41, 5.74) is 0. The van der Waals surface area contributed by atoms with E-state index in [1.54, 1.807) is 12.0 Å². The van der Waals surface area contributed by atoms with Crippen molar-refractivity contribution in [3.05, 3.63) is 0 Å². The van der Waals surface area contributed by atoms with Crippen LogP contribution in [0.5, 0.6) is 0 Å². The van der Waals surface area contributed by atoms with Crippen molar-refractivity contribution >= 4 is 12.0 Å². The predicted octanol–water partition coefficient (Wildman–Crippen LogP) is -0.112. The lowest BCUT2D eigenvalue weighted by Gasteiger charge is -2.28. The highest BCUT2D eigenvalue weighted by Gasteiger charge is 2.20. The summed E-state index contributed by atoms with van der Waals surface area (Å²) in [6, 6.07) is -0.385. The van der Waals surface area contributed by atoms with Gasteiger partial charge in [-0.3, -0.25) is 0 Å². The number of aliphatic carboxylic acids is 1. The monoisotopic (exact) mass is 262 g/mol. The second kappa shape index (κ2) is 8.71. The van der Waals surface area contributed by atoms with Crippen molar-refractivity contribution in [3.63, 3.8) is 0 Å². The number of hydrogen-bond donors (Lipinski definition) is 3. The van der Waals surface area contributed by atoms with Crippen LogP contribution in [0.2, 0.25) is 0 Å². The molecule has 0 heterocycles. The number of carboxylic acid groups (broad SMARTS) is 1. The highest BCUT2D eigenvalue weighted by atomic mass is 16.5. The van der Waals surface area contributed by atoms with Gasteiger partial charge in [0.2, 0.25) is 0 Å². The van der Waals surface area contributed by atoms with Crippen LogP contribution in [0.25, 0.3) is 0 Å². The van der Waals surface area contributed by atoms with Crippen molar-refractivity contribution in [2.24, 2.45) is 0 Å². The molecule has 7 nitrogen and oxygen atoms in total. The van der Waals surface area contributed by atoms with E-state index in [-0.39, 0.29) is 12.6 Å². The number of aliphatic hydroxyl groups excluding tert-OH is 1. The fraction of sp³-hybridized carbons (Fsp3) is 0.818. The summed E-state index contributed by atoms with van der Waals surface area (Å²) in [7, 11) is 1.54. The number of aliphatic hydroxyl groups is 1. The largest absolute Gasteiger partial charge is 0.479 e. The Morgan fingerprint density at radius 2 is 2.06 bits per heavy atom.